The Morgan fingerprint density at radius 1 is 1.22 bits per heavy atom. The Bertz CT molecular complexity index is 277. The van der Waals surface area contributed by atoms with E-state index in [2.05, 4.69) is 0 Å². The number of carbonyl (C=O) groups excluding carboxylic acids is 1. The number of Topliss-reactive ketones (excluding diaryl/α,β-unsaturated/α-hetero) is 1. The quantitative estimate of drug-likeness (QED) is 0.563. The van der Waals surface area contributed by atoms with Crippen LogP contribution in [0.4, 0.5) is 0 Å². The number of carbonyl (C=O) groups is 1. The van der Waals surface area contributed by atoms with Crippen molar-refractivity contribution in [1.82, 2.24) is 0 Å². The molecule has 0 amide bonds. The molecule has 0 aromatic rings. The van der Waals surface area contributed by atoms with Crippen molar-refractivity contribution in [2.45, 2.75) is 51.0 Å². The summed E-state index contributed by atoms with van der Waals surface area (Å²) < 4.78 is 0. The minimum absolute atomic E-state index is 0.00859. The normalized spacial score (nSPS) is 32.1. The van der Waals surface area contributed by atoms with Crippen LogP contribution < -0.4 is 10.1 Å². The molecule has 5 nitrogen and oxygen atoms in total. The molecule has 0 bridgehead atoms. The Kier molecular flexibility index (Phi) is 5.12. The van der Waals surface area contributed by atoms with E-state index in [4.69, 9.17) is 5.21 Å². The molecule has 0 spiro atoms. The summed E-state index contributed by atoms with van der Waals surface area (Å²) in [5.74, 6) is 0.312. The third kappa shape index (κ3) is 3.75. The fraction of sp³-hybridized carbons (Fsp3) is 0.923. The highest BCUT2D eigenvalue weighted by Crippen LogP contribution is 2.23. The molecule has 0 aromatic carbocycles. The Morgan fingerprint density at radius 2 is 1.94 bits per heavy atom. The van der Waals surface area contributed by atoms with Crippen LogP contribution in [0.2, 0.25) is 0 Å². The maximum absolute atomic E-state index is 12.2. The van der Waals surface area contributed by atoms with Crippen molar-refractivity contribution < 1.29 is 20.1 Å². The van der Waals surface area contributed by atoms with Crippen molar-refractivity contribution >= 4 is 5.78 Å². The Labute approximate surface area is 108 Å². The van der Waals surface area contributed by atoms with Gasteiger partial charge in [0, 0.05) is 18.8 Å². The largest absolute Gasteiger partial charge is 0.600 e. The lowest BCUT2D eigenvalue weighted by Gasteiger charge is -2.32. The van der Waals surface area contributed by atoms with Crippen LogP contribution in [0.5, 0.6) is 0 Å². The summed E-state index contributed by atoms with van der Waals surface area (Å²) in [6.07, 6.45) is 6.86. The lowest BCUT2D eigenvalue weighted by molar-refractivity contribution is -1.07. The van der Waals surface area contributed by atoms with E-state index in [0.29, 0.717) is 18.7 Å². The first-order chi connectivity index (χ1) is 8.66. The van der Waals surface area contributed by atoms with Crippen LogP contribution in [0.1, 0.15) is 44.9 Å². The summed E-state index contributed by atoms with van der Waals surface area (Å²) in [5, 5.41) is 19.3. The second kappa shape index (κ2) is 6.61. The molecule has 1 aliphatic heterocycles. The fourth-order valence-electron chi connectivity index (χ4n) is 3.33. The van der Waals surface area contributed by atoms with Crippen LogP contribution in [-0.4, -0.2) is 36.7 Å². The van der Waals surface area contributed by atoms with Gasteiger partial charge in [0.15, 0.2) is 5.78 Å². The molecular formula is C13H25N2O3+. The molecule has 2 fully saturated rings. The van der Waals surface area contributed by atoms with E-state index in [9.17, 15) is 10.0 Å². The number of hydrogen-bond acceptors (Lipinski definition) is 3. The van der Waals surface area contributed by atoms with Gasteiger partial charge in [0.1, 0.15) is 12.6 Å². The Hall–Kier alpha value is -0.490. The molecule has 2 aliphatic rings. The van der Waals surface area contributed by atoms with Crippen molar-refractivity contribution in [3.05, 3.63) is 5.21 Å². The van der Waals surface area contributed by atoms with Gasteiger partial charge in [-0.05, 0) is 32.1 Å². The van der Waals surface area contributed by atoms with E-state index in [1.807, 2.05) is 0 Å². The molecule has 5 heteroatoms. The number of hydroxylamine groups is 2. The third-order valence-electron chi connectivity index (χ3n) is 4.46. The molecule has 2 rings (SSSR count). The topological polar surface area (TPSA) is 69.2 Å². The van der Waals surface area contributed by atoms with Gasteiger partial charge in [0.25, 0.3) is 0 Å². The molecule has 3 N–H and O–H groups in total. The van der Waals surface area contributed by atoms with Crippen molar-refractivity contribution in [1.29, 1.82) is 0 Å². The average Bonchev–Trinajstić information content (AvgIpc) is 2.40. The van der Waals surface area contributed by atoms with Gasteiger partial charge in [-0.25, -0.2) is 10.4 Å². The average molecular weight is 257 g/mol. The third-order valence-corrected chi connectivity index (χ3v) is 4.46. The van der Waals surface area contributed by atoms with Gasteiger partial charge >= 0.3 is 0 Å². The van der Waals surface area contributed by atoms with Gasteiger partial charge in [0.05, 0.1) is 13.1 Å². The highest BCUT2D eigenvalue weighted by molar-refractivity contribution is 5.82. The maximum atomic E-state index is 12.2. The summed E-state index contributed by atoms with van der Waals surface area (Å²) in [5.41, 5.74) is 0. The van der Waals surface area contributed by atoms with Gasteiger partial charge in [-0.15, -0.1) is 0 Å². The van der Waals surface area contributed by atoms with Gasteiger partial charge < -0.3 is 10.1 Å². The van der Waals surface area contributed by atoms with E-state index in [1.165, 1.54) is 24.2 Å². The van der Waals surface area contributed by atoms with E-state index in [1.54, 1.807) is 0 Å². The molecule has 0 aromatic heterocycles. The number of rotatable bonds is 4. The minimum atomic E-state index is -0.724. The highest BCUT2D eigenvalue weighted by atomic mass is 16.8. The van der Waals surface area contributed by atoms with E-state index >= 15 is 0 Å². The van der Waals surface area contributed by atoms with Gasteiger partial charge in [0.2, 0.25) is 0 Å². The monoisotopic (exact) mass is 257 g/mol. The fourth-order valence-corrected chi connectivity index (χ4v) is 3.33. The molecule has 1 saturated heterocycles. The zero-order chi connectivity index (χ0) is 13.0. The molecule has 3 unspecified atom stereocenters. The molecule has 1 aliphatic carbocycles. The summed E-state index contributed by atoms with van der Waals surface area (Å²) in [7, 11) is 0. The van der Waals surface area contributed by atoms with Crippen LogP contribution in [0, 0.1) is 11.1 Å². The number of piperidine rings is 1. The smallest absolute Gasteiger partial charge is 0.190 e. The van der Waals surface area contributed by atoms with Crippen molar-refractivity contribution in [3.63, 3.8) is 0 Å². The number of ketones is 1. The summed E-state index contributed by atoms with van der Waals surface area (Å²) >= 11 is 0. The number of hydrogen-bond donors (Lipinski definition) is 3. The second-order valence-corrected chi connectivity index (χ2v) is 5.85. The van der Waals surface area contributed by atoms with Crippen LogP contribution in [0.25, 0.3) is 0 Å². The predicted molar refractivity (Wildman–Crippen MR) is 66.3 cm³/mol. The van der Waals surface area contributed by atoms with Crippen LogP contribution in [0.3, 0.4) is 0 Å². The first-order valence-corrected chi connectivity index (χ1v) is 7.26. The number of quaternary nitrogens is 2. The van der Waals surface area contributed by atoms with E-state index in [-0.39, 0.29) is 12.0 Å². The Morgan fingerprint density at radius 3 is 2.61 bits per heavy atom. The van der Waals surface area contributed by atoms with Crippen LogP contribution in [-0.2, 0) is 4.79 Å². The zero-order valence-electron chi connectivity index (χ0n) is 11.0. The molecular weight excluding hydrogens is 232 g/mol. The second-order valence-electron chi connectivity index (χ2n) is 5.85. The zero-order valence-corrected chi connectivity index (χ0v) is 11.0. The van der Waals surface area contributed by atoms with Gasteiger partial charge in [-0.2, -0.15) is 0 Å². The van der Waals surface area contributed by atoms with Crippen molar-refractivity contribution in [3.8, 4) is 0 Å². The maximum Gasteiger partial charge on any atom is 0.190 e. The Balaban J connectivity index is 1.80. The summed E-state index contributed by atoms with van der Waals surface area (Å²) in [6.45, 7) is 2.85. The highest BCUT2D eigenvalue weighted by Gasteiger charge is 2.32. The lowest BCUT2D eigenvalue weighted by Crippen LogP contribution is -3.13. The number of nitrogens with one attached hydrogen (secondary N) is 2. The van der Waals surface area contributed by atoms with Crippen LogP contribution in [0.15, 0.2) is 0 Å². The molecule has 1 heterocycles. The molecule has 0 radical (unpaired) electrons. The van der Waals surface area contributed by atoms with E-state index in [0.717, 1.165) is 32.4 Å². The molecule has 104 valence electrons. The molecule has 3 atom stereocenters. The van der Waals surface area contributed by atoms with Crippen LogP contribution >= 0.6 is 0 Å². The lowest BCUT2D eigenvalue weighted by atomic mass is 9.83. The van der Waals surface area contributed by atoms with Gasteiger partial charge in [-0.3, -0.25) is 4.79 Å². The molecule has 18 heavy (non-hydrogen) atoms. The summed E-state index contributed by atoms with van der Waals surface area (Å²) in [4.78, 5) is 13.6. The SMILES string of the molecule is O=C(C[NH+]1CCCCC1)C1CCCC([NH+]([O-])O)C1. The summed E-state index contributed by atoms with van der Waals surface area (Å²) in [6, 6.07) is -0.288. The minimum Gasteiger partial charge on any atom is -0.600 e. The van der Waals surface area contributed by atoms with Crippen molar-refractivity contribution in [2.24, 2.45) is 5.92 Å². The standard InChI is InChI=1S/C13H24N2O3/c16-13(10-14-7-2-1-3-8-14)11-5-4-6-12(9-11)15(17)18/h11-12,15,17H,1-10H2/p+1. The first-order valence-electron chi connectivity index (χ1n) is 7.26. The predicted octanol–water partition coefficient (Wildman–Crippen LogP) is -1.04. The van der Waals surface area contributed by atoms with E-state index < -0.39 is 5.23 Å². The first kappa shape index (κ1) is 13.9. The molecule has 1 saturated carbocycles. The number of likely N-dealkylation sites (tertiary alicyclic amines) is 1. The van der Waals surface area contributed by atoms with Gasteiger partial charge in [-0.1, -0.05) is 0 Å². The van der Waals surface area contributed by atoms with Crippen molar-refractivity contribution in [2.75, 3.05) is 19.6 Å².